The zero-order valence-corrected chi connectivity index (χ0v) is 11.5. The van der Waals surface area contributed by atoms with Gasteiger partial charge in [0.05, 0.1) is 0 Å². The van der Waals surface area contributed by atoms with Crippen molar-refractivity contribution < 1.29 is 0 Å². The molecule has 2 heterocycles. The van der Waals surface area contributed by atoms with E-state index < -0.39 is 11.2 Å². The number of hydrogen-bond donors (Lipinski definition) is 3. The van der Waals surface area contributed by atoms with Crippen molar-refractivity contribution in [1.29, 1.82) is 0 Å². The van der Waals surface area contributed by atoms with Gasteiger partial charge in [-0.3, -0.25) is 14.7 Å². The van der Waals surface area contributed by atoms with Gasteiger partial charge in [0, 0.05) is 25.7 Å². The fourth-order valence-electron chi connectivity index (χ4n) is 2.57. The van der Waals surface area contributed by atoms with E-state index in [4.69, 9.17) is 0 Å². The van der Waals surface area contributed by atoms with Gasteiger partial charge in [0.2, 0.25) is 5.82 Å². The van der Waals surface area contributed by atoms with Gasteiger partial charge in [-0.25, -0.2) is 9.89 Å². The van der Waals surface area contributed by atoms with Gasteiger partial charge in [-0.15, -0.1) is 5.10 Å². The lowest BCUT2D eigenvalue weighted by Gasteiger charge is -2.16. The standard InChI is InChI=1S/C14H17N5O2/c20-13-12(17-18-14(21)16-13)15-11-6-7-19(9-11)8-10-4-2-1-3-5-10/h1-5,11H,6-9H2,(H,15,17)(H2,16,18,20,21). The van der Waals surface area contributed by atoms with E-state index in [0.29, 0.717) is 0 Å². The molecule has 0 radical (unpaired) electrons. The van der Waals surface area contributed by atoms with Gasteiger partial charge < -0.3 is 5.32 Å². The van der Waals surface area contributed by atoms with E-state index >= 15 is 0 Å². The molecule has 0 amide bonds. The first kappa shape index (κ1) is 13.6. The molecular formula is C14H17N5O2. The summed E-state index contributed by atoms with van der Waals surface area (Å²) in [6, 6.07) is 10.4. The Morgan fingerprint density at radius 3 is 2.86 bits per heavy atom. The number of nitrogens with zero attached hydrogens (tertiary/aromatic N) is 2. The molecule has 1 aliphatic heterocycles. The van der Waals surface area contributed by atoms with Crippen LogP contribution in [0.2, 0.25) is 0 Å². The second kappa shape index (κ2) is 5.92. The first-order valence-corrected chi connectivity index (χ1v) is 6.92. The first-order chi connectivity index (χ1) is 10.2. The Kier molecular flexibility index (Phi) is 3.83. The predicted molar refractivity (Wildman–Crippen MR) is 79.2 cm³/mol. The lowest BCUT2D eigenvalue weighted by atomic mass is 10.2. The number of H-pyrrole nitrogens is 2. The van der Waals surface area contributed by atoms with E-state index in [1.807, 2.05) is 18.2 Å². The van der Waals surface area contributed by atoms with Gasteiger partial charge in [0.1, 0.15) is 0 Å². The minimum absolute atomic E-state index is 0.160. The first-order valence-electron chi connectivity index (χ1n) is 6.92. The fourth-order valence-corrected chi connectivity index (χ4v) is 2.57. The summed E-state index contributed by atoms with van der Waals surface area (Å²) >= 11 is 0. The van der Waals surface area contributed by atoms with E-state index in [0.717, 1.165) is 26.1 Å². The minimum Gasteiger partial charge on any atom is -0.360 e. The van der Waals surface area contributed by atoms with Crippen molar-refractivity contribution in [2.45, 2.75) is 19.0 Å². The van der Waals surface area contributed by atoms with Crippen molar-refractivity contribution in [1.82, 2.24) is 20.1 Å². The molecule has 2 aromatic rings. The number of likely N-dealkylation sites (tertiary alicyclic amines) is 1. The summed E-state index contributed by atoms with van der Waals surface area (Å²) in [7, 11) is 0. The lowest BCUT2D eigenvalue weighted by molar-refractivity contribution is 0.328. The highest BCUT2D eigenvalue weighted by molar-refractivity contribution is 5.31. The third kappa shape index (κ3) is 3.38. The number of anilines is 1. The van der Waals surface area contributed by atoms with E-state index in [1.165, 1.54) is 5.56 Å². The average molecular weight is 287 g/mol. The molecule has 1 fully saturated rings. The smallest absolute Gasteiger partial charge is 0.342 e. The molecule has 110 valence electrons. The average Bonchev–Trinajstić information content (AvgIpc) is 2.90. The summed E-state index contributed by atoms with van der Waals surface area (Å²) < 4.78 is 0. The normalized spacial score (nSPS) is 18.8. The Morgan fingerprint density at radius 2 is 2.10 bits per heavy atom. The van der Waals surface area contributed by atoms with Crippen molar-refractivity contribution in [3.63, 3.8) is 0 Å². The predicted octanol–water partition coefficient (Wildman–Crippen LogP) is 0.145. The number of aromatic nitrogens is 3. The van der Waals surface area contributed by atoms with Crippen LogP contribution in [0.25, 0.3) is 0 Å². The van der Waals surface area contributed by atoms with E-state index in [1.54, 1.807) is 0 Å². The number of rotatable bonds is 4. The monoisotopic (exact) mass is 287 g/mol. The molecule has 7 heteroatoms. The molecule has 7 nitrogen and oxygen atoms in total. The van der Waals surface area contributed by atoms with E-state index in [2.05, 4.69) is 37.5 Å². The van der Waals surface area contributed by atoms with E-state index in [-0.39, 0.29) is 11.9 Å². The number of benzene rings is 1. The Morgan fingerprint density at radius 1 is 1.29 bits per heavy atom. The molecule has 1 saturated heterocycles. The zero-order valence-electron chi connectivity index (χ0n) is 11.5. The van der Waals surface area contributed by atoms with Gasteiger partial charge in [-0.2, -0.15) is 0 Å². The third-order valence-corrected chi connectivity index (χ3v) is 3.57. The molecule has 3 rings (SSSR count). The number of hydrogen-bond acceptors (Lipinski definition) is 5. The zero-order chi connectivity index (χ0) is 14.7. The fraction of sp³-hybridized carbons (Fsp3) is 0.357. The van der Waals surface area contributed by atoms with Gasteiger partial charge in [0.25, 0.3) is 5.56 Å². The second-order valence-corrected chi connectivity index (χ2v) is 5.21. The van der Waals surface area contributed by atoms with Crippen LogP contribution in [0.1, 0.15) is 12.0 Å². The molecule has 0 saturated carbocycles. The Bertz CT molecular complexity index is 709. The van der Waals surface area contributed by atoms with Gasteiger partial charge in [-0.05, 0) is 12.0 Å². The summed E-state index contributed by atoms with van der Waals surface area (Å²) in [5.41, 5.74) is 0.195. The summed E-state index contributed by atoms with van der Waals surface area (Å²) in [5.74, 6) is 0.168. The Hall–Kier alpha value is -2.41. The van der Waals surface area contributed by atoms with Crippen LogP contribution in [0.5, 0.6) is 0 Å². The SMILES string of the molecule is O=c1[nH]nc(NC2CCN(Cc3ccccc3)C2)c(=O)[nH]1. The molecular weight excluding hydrogens is 270 g/mol. The maximum Gasteiger partial charge on any atom is 0.342 e. The van der Waals surface area contributed by atoms with Crippen molar-refractivity contribution in [3.8, 4) is 0 Å². The molecule has 1 aromatic heterocycles. The van der Waals surface area contributed by atoms with Crippen molar-refractivity contribution in [2.75, 3.05) is 18.4 Å². The Labute approximate surface area is 121 Å². The van der Waals surface area contributed by atoms with Crippen molar-refractivity contribution in [3.05, 3.63) is 56.7 Å². The molecule has 1 aliphatic rings. The third-order valence-electron chi connectivity index (χ3n) is 3.57. The molecule has 0 spiro atoms. The highest BCUT2D eigenvalue weighted by Crippen LogP contribution is 2.15. The Balaban J connectivity index is 1.60. The molecule has 0 bridgehead atoms. The summed E-state index contributed by atoms with van der Waals surface area (Å²) in [6.45, 7) is 2.71. The van der Waals surface area contributed by atoms with Crippen LogP contribution < -0.4 is 16.6 Å². The van der Waals surface area contributed by atoms with Gasteiger partial charge >= 0.3 is 5.69 Å². The summed E-state index contributed by atoms with van der Waals surface area (Å²) in [5, 5.41) is 9.05. The van der Waals surface area contributed by atoms with E-state index in [9.17, 15) is 9.59 Å². The van der Waals surface area contributed by atoms with Gasteiger partial charge in [0.15, 0.2) is 0 Å². The summed E-state index contributed by atoms with van der Waals surface area (Å²) in [4.78, 5) is 27.0. The number of nitrogens with one attached hydrogen (secondary N) is 3. The minimum atomic E-state index is -0.595. The van der Waals surface area contributed by atoms with Crippen LogP contribution >= 0.6 is 0 Å². The maximum atomic E-state index is 11.6. The summed E-state index contributed by atoms with van der Waals surface area (Å²) in [6.07, 6.45) is 0.938. The lowest BCUT2D eigenvalue weighted by Crippen LogP contribution is -2.32. The van der Waals surface area contributed by atoms with Crippen LogP contribution in [0.4, 0.5) is 5.82 Å². The molecule has 1 aromatic carbocycles. The van der Waals surface area contributed by atoms with Crippen LogP contribution in [0.15, 0.2) is 39.9 Å². The topological polar surface area (TPSA) is 93.9 Å². The number of aromatic amines is 2. The largest absolute Gasteiger partial charge is 0.360 e. The molecule has 1 atom stereocenters. The highest BCUT2D eigenvalue weighted by atomic mass is 16.2. The van der Waals surface area contributed by atoms with Crippen LogP contribution in [-0.4, -0.2) is 39.2 Å². The molecule has 0 aliphatic carbocycles. The van der Waals surface area contributed by atoms with Gasteiger partial charge in [-0.1, -0.05) is 30.3 Å². The van der Waals surface area contributed by atoms with Crippen molar-refractivity contribution in [2.24, 2.45) is 0 Å². The second-order valence-electron chi connectivity index (χ2n) is 5.21. The molecule has 21 heavy (non-hydrogen) atoms. The maximum absolute atomic E-state index is 11.6. The highest BCUT2D eigenvalue weighted by Gasteiger charge is 2.23. The van der Waals surface area contributed by atoms with Crippen LogP contribution in [-0.2, 0) is 6.54 Å². The van der Waals surface area contributed by atoms with Crippen LogP contribution in [0, 0.1) is 0 Å². The van der Waals surface area contributed by atoms with Crippen molar-refractivity contribution >= 4 is 5.82 Å². The van der Waals surface area contributed by atoms with Crippen LogP contribution in [0.3, 0.4) is 0 Å². The molecule has 3 N–H and O–H groups in total. The quantitative estimate of drug-likeness (QED) is 0.744. The molecule has 1 unspecified atom stereocenters.